The van der Waals surface area contributed by atoms with Crippen LogP contribution in [0.25, 0.3) is 0 Å². The van der Waals surface area contributed by atoms with Gasteiger partial charge in [-0.3, -0.25) is 14.4 Å². The summed E-state index contributed by atoms with van der Waals surface area (Å²) in [5.41, 5.74) is 0. The minimum Gasteiger partial charge on any atom is -0.462 e. The van der Waals surface area contributed by atoms with Gasteiger partial charge in [-0.05, 0) is 116 Å². The fourth-order valence-corrected chi connectivity index (χ4v) is 8.83. The molecule has 0 heterocycles. The van der Waals surface area contributed by atoms with Crippen molar-refractivity contribution in [1.82, 2.24) is 0 Å². The molecule has 448 valence electrons. The van der Waals surface area contributed by atoms with E-state index in [1.165, 1.54) is 109 Å². The van der Waals surface area contributed by atoms with Crippen molar-refractivity contribution in [1.29, 1.82) is 0 Å². The van der Waals surface area contributed by atoms with E-state index in [9.17, 15) is 14.4 Å². The second-order valence-corrected chi connectivity index (χ2v) is 21.3. The maximum atomic E-state index is 12.8. The summed E-state index contributed by atoms with van der Waals surface area (Å²) < 4.78 is 16.8. The van der Waals surface area contributed by atoms with Gasteiger partial charge in [-0.1, -0.05) is 289 Å². The molecule has 0 saturated carbocycles. The number of unbranched alkanes of at least 4 members (excludes halogenated alkanes) is 25. The summed E-state index contributed by atoms with van der Waals surface area (Å²) in [6.07, 6.45) is 93.7. The standard InChI is InChI=1S/C73H120O6/c1-4-7-10-13-15-17-19-21-23-25-27-29-31-33-35-36-38-39-41-43-45-47-49-51-53-55-57-60-63-66-72(75)78-69-70(68-77-71(74)65-62-59-12-9-6-3)79-73(76)67-64-61-58-56-54-52-50-48-46-44-42-40-37-34-32-30-28-26-24-22-20-18-16-14-11-8-5-2/h7-8,10-11,15-18,21-24,27-30,33,35,38-39,43,45,70H,4-6,9,12-14,19-20,25-26,31-32,34,36-37,40-42,44,46-69H2,1-3H3/b10-7-,11-8-,17-15-,18-16-,23-21-,24-22-,29-27-,30-28-,35-33-,39-38-,45-43-. The molecule has 0 rings (SSSR count). The summed E-state index contributed by atoms with van der Waals surface area (Å²) in [5.74, 6) is -0.907. The van der Waals surface area contributed by atoms with Gasteiger partial charge in [0.15, 0.2) is 6.10 Å². The number of hydrogen-bond acceptors (Lipinski definition) is 6. The normalized spacial score (nSPS) is 13.0. The molecular formula is C73H120O6. The second-order valence-electron chi connectivity index (χ2n) is 21.3. The molecule has 0 spiro atoms. The third kappa shape index (κ3) is 64.3. The highest BCUT2D eigenvalue weighted by Crippen LogP contribution is 2.16. The molecule has 0 aliphatic rings. The molecule has 0 bridgehead atoms. The third-order valence-electron chi connectivity index (χ3n) is 13.7. The lowest BCUT2D eigenvalue weighted by atomic mass is 10.0. The first-order chi connectivity index (χ1) is 39.0. The minimum absolute atomic E-state index is 0.0840. The number of carbonyl (C=O) groups excluding carboxylic acids is 3. The number of rotatable bonds is 58. The Morgan fingerprint density at radius 2 is 0.494 bits per heavy atom. The molecule has 0 fully saturated rings. The zero-order chi connectivity index (χ0) is 57.1. The van der Waals surface area contributed by atoms with Gasteiger partial charge >= 0.3 is 17.9 Å². The Morgan fingerprint density at radius 3 is 0.772 bits per heavy atom. The Labute approximate surface area is 487 Å². The van der Waals surface area contributed by atoms with Gasteiger partial charge in [-0.15, -0.1) is 0 Å². The number of ether oxygens (including phenoxy) is 3. The largest absolute Gasteiger partial charge is 0.462 e. The molecule has 79 heavy (non-hydrogen) atoms. The van der Waals surface area contributed by atoms with Crippen LogP contribution >= 0.6 is 0 Å². The molecule has 0 aromatic heterocycles. The quantitative estimate of drug-likeness (QED) is 0.0261. The Morgan fingerprint density at radius 1 is 0.266 bits per heavy atom. The van der Waals surface area contributed by atoms with Gasteiger partial charge in [0, 0.05) is 19.3 Å². The molecule has 6 nitrogen and oxygen atoms in total. The molecule has 1 unspecified atom stereocenters. The summed E-state index contributed by atoms with van der Waals surface area (Å²) >= 11 is 0. The fraction of sp³-hybridized carbons (Fsp3) is 0.658. The van der Waals surface area contributed by atoms with E-state index in [2.05, 4.69) is 154 Å². The van der Waals surface area contributed by atoms with Crippen molar-refractivity contribution in [2.24, 2.45) is 0 Å². The number of esters is 3. The summed E-state index contributed by atoms with van der Waals surface area (Å²) in [7, 11) is 0. The topological polar surface area (TPSA) is 78.9 Å². The van der Waals surface area contributed by atoms with Gasteiger partial charge in [0.25, 0.3) is 0 Å². The summed E-state index contributed by atoms with van der Waals surface area (Å²) in [6.45, 7) is 6.33. The summed E-state index contributed by atoms with van der Waals surface area (Å²) in [4.78, 5) is 38.0. The van der Waals surface area contributed by atoms with E-state index in [1.807, 2.05) is 0 Å². The van der Waals surface area contributed by atoms with Gasteiger partial charge in [0.2, 0.25) is 0 Å². The lowest BCUT2D eigenvalue weighted by Crippen LogP contribution is -2.30. The highest BCUT2D eigenvalue weighted by molar-refractivity contribution is 5.71. The highest BCUT2D eigenvalue weighted by Gasteiger charge is 2.19. The molecule has 0 aliphatic carbocycles. The van der Waals surface area contributed by atoms with Crippen LogP contribution < -0.4 is 0 Å². The van der Waals surface area contributed by atoms with E-state index in [1.54, 1.807) is 0 Å². The van der Waals surface area contributed by atoms with E-state index in [4.69, 9.17) is 14.2 Å². The van der Waals surface area contributed by atoms with Gasteiger partial charge < -0.3 is 14.2 Å². The van der Waals surface area contributed by atoms with Crippen LogP contribution in [-0.4, -0.2) is 37.2 Å². The zero-order valence-electron chi connectivity index (χ0n) is 51.3. The monoisotopic (exact) mass is 1090 g/mol. The first-order valence-electron chi connectivity index (χ1n) is 32.7. The molecule has 0 N–H and O–H groups in total. The van der Waals surface area contributed by atoms with Gasteiger partial charge in [-0.2, -0.15) is 0 Å². The second kappa shape index (κ2) is 66.1. The van der Waals surface area contributed by atoms with Crippen LogP contribution in [0.5, 0.6) is 0 Å². The molecule has 6 heteroatoms. The van der Waals surface area contributed by atoms with Crippen molar-refractivity contribution in [2.45, 2.75) is 297 Å². The highest BCUT2D eigenvalue weighted by atomic mass is 16.6. The van der Waals surface area contributed by atoms with Crippen LogP contribution in [0, 0.1) is 0 Å². The molecular weight excluding hydrogens is 973 g/mol. The summed E-state index contributed by atoms with van der Waals surface area (Å²) in [5, 5.41) is 0. The van der Waals surface area contributed by atoms with E-state index < -0.39 is 6.10 Å². The van der Waals surface area contributed by atoms with Gasteiger partial charge in [0.05, 0.1) is 0 Å². The number of carbonyl (C=O) groups is 3. The Balaban J connectivity index is 4.08. The first-order valence-corrected chi connectivity index (χ1v) is 32.7. The average Bonchev–Trinajstić information content (AvgIpc) is 3.45. The van der Waals surface area contributed by atoms with E-state index in [-0.39, 0.29) is 31.1 Å². The maximum absolute atomic E-state index is 12.8. The van der Waals surface area contributed by atoms with Crippen molar-refractivity contribution in [3.05, 3.63) is 134 Å². The molecule has 0 aromatic rings. The third-order valence-corrected chi connectivity index (χ3v) is 13.7. The zero-order valence-corrected chi connectivity index (χ0v) is 51.3. The predicted octanol–water partition coefficient (Wildman–Crippen LogP) is 22.5. The molecule has 0 amide bonds. The Hall–Kier alpha value is -4.45. The fourth-order valence-electron chi connectivity index (χ4n) is 8.83. The van der Waals surface area contributed by atoms with Crippen molar-refractivity contribution >= 4 is 17.9 Å². The van der Waals surface area contributed by atoms with E-state index >= 15 is 0 Å². The minimum atomic E-state index is -0.784. The van der Waals surface area contributed by atoms with Crippen LogP contribution in [0.15, 0.2) is 134 Å². The Kier molecular flexibility index (Phi) is 62.3. The molecule has 0 aliphatic heterocycles. The van der Waals surface area contributed by atoms with E-state index in [0.29, 0.717) is 19.3 Å². The smallest absolute Gasteiger partial charge is 0.306 e. The molecule has 0 radical (unpaired) electrons. The van der Waals surface area contributed by atoms with Crippen molar-refractivity contribution in [3.63, 3.8) is 0 Å². The van der Waals surface area contributed by atoms with Crippen LogP contribution in [0.1, 0.15) is 290 Å². The molecule has 0 saturated heterocycles. The molecule has 1 atom stereocenters. The van der Waals surface area contributed by atoms with E-state index in [0.717, 1.165) is 141 Å². The van der Waals surface area contributed by atoms with Gasteiger partial charge in [0.1, 0.15) is 13.2 Å². The SMILES string of the molecule is CC/C=C\C/C=C\C/C=C\C/C=C\C/C=C\C/C=C\C/C=C\CCCCCCCCCC(=O)OCC(COC(=O)CCCCCCC)OC(=O)CCCCCCCCCCCCCCCC/C=C\C/C=C\C/C=C\C/C=C\CC. The average molecular weight is 1090 g/mol. The van der Waals surface area contributed by atoms with Crippen LogP contribution in [0.3, 0.4) is 0 Å². The van der Waals surface area contributed by atoms with Crippen LogP contribution in [-0.2, 0) is 28.6 Å². The maximum Gasteiger partial charge on any atom is 0.306 e. The predicted molar refractivity (Wildman–Crippen MR) is 343 cm³/mol. The van der Waals surface area contributed by atoms with Crippen molar-refractivity contribution in [2.75, 3.05) is 13.2 Å². The van der Waals surface area contributed by atoms with Crippen LogP contribution in [0.2, 0.25) is 0 Å². The molecule has 0 aromatic carbocycles. The number of allylic oxidation sites excluding steroid dienone is 22. The summed E-state index contributed by atoms with van der Waals surface area (Å²) in [6, 6.07) is 0. The first kappa shape index (κ1) is 74.5. The Bertz CT molecular complexity index is 1680. The van der Waals surface area contributed by atoms with Crippen LogP contribution in [0.4, 0.5) is 0 Å². The van der Waals surface area contributed by atoms with Crippen molar-refractivity contribution < 1.29 is 28.6 Å². The lowest BCUT2D eigenvalue weighted by molar-refractivity contribution is -0.167. The van der Waals surface area contributed by atoms with Crippen molar-refractivity contribution in [3.8, 4) is 0 Å². The van der Waals surface area contributed by atoms with Gasteiger partial charge in [-0.25, -0.2) is 0 Å². The number of hydrogen-bond donors (Lipinski definition) is 0. The lowest BCUT2D eigenvalue weighted by Gasteiger charge is -2.18.